The van der Waals surface area contributed by atoms with Gasteiger partial charge in [0.15, 0.2) is 5.11 Å². The molecular formula is C19H20ClN3OS. The second-order valence-corrected chi connectivity index (χ2v) is 6.86. The minimum Gasteiger partial charge on any atom is -0.349 e. The minimum atomic E-state index is -0.0151. The predicted octanol–water partition coefficient (Wildman–Crippen LogP) is 3.93. The van der Waals surface area contributed by atoms with E-state index in [9.17, 15) is 4.79 Å². The first kappa shape index (κ1) is 17.7. The monoisotopic (exact) mass is 373 g/mol. The van der Waals surface area contributed by atoms with Gasteiger partial charge in [-0.15, -0.1) is 0 Å². The van der Waals surface area contributed by atoms with Gasteiger partial charge in [0.25, 0.3) is 5.91 Å². The fourth-order valence-corrected chi connectivity index (χ4v) is 3.34. The third-order valence-corrected chi connectivity index (χ3v) is 4.82. The number of thiocarbonyl (C=S) groups is 1. The molecular weight excluding hydrogens is 354 g/mol. The summed E-state index contributed by atoms with van der Waals surface area (Å²) in [5.41, 5.74) is 1.58. The van der Waals surface area contributed by atoms with Crippen molar-refractivity contribution in [3.8, 4) is 0 Å². The van der Waals surface area contributed by atoms with Crippen molar-refractivity contribution in [2.24, 2.45) is 0 Å². The van der Waals surface area contributed by atoms with E-state index in [1.54, 1.807) is 0 Å². The Kier molecular flexibility index (Phi) is 5.89. The zero-order valence-corrected chi connectivity index (χ0v) is 15.3. The lowest BCUT2D eigenvalue weighted by Gasteiger charge is -2.34. The number of hydrogen-bond acceptors (Lipinski definition) is 2. The summed E-state index contributed by atoms with van der Waals surface area (Å²) in [5.74, 6) is -0.0151. The zero-order valence-electron chi connectivity index (χ0n) is 13.7. The van der Waals surface area contributed by atoms with Crippen LogP contribution in [0.3, 0.4) is 0 Å². The number of likely N-dealkylation sites (tertiary alicyclic amines) is 1. The lowest BCUT2D eigenvalue weighted by molar-refractivity contribution is 0.0922. The van der Waals surface area contributed by atoms with E-state index in [1.807, 2.05) is 54.6 Å². The maximum Gasteiger partial charge on any atom is 0.251 e. The second kappa shape index (κ2) is 8.32. The summed E-state index contributed by atoms with van der Waals surface area (Å²) < 4.78 is 0. The molecule has 1 saturated heterocycles. The highest BCUT2D eigenvalue weighted by Crippen LogP contribution is 2.17. The molecule has 0 atom stereocenters. The van der Waals surface area contributed by atoms with Gasteiger partial charge < -0.3 is 15.5 Å². The van der Waals surface area contributed by atoms with E-state index in [2.05, 4.69) is 15.5 Å². The summed E-state index contributed by atoms with van der Waals surface area (Å²) in [5, 5.41) is 7.69. The van der Waals surface area contributed by atoms with Crippen molar-refractivity contribution in [3.63, 3.8) is 0 Å². The zero-order chi connectivity index (χ0) is 17.6. The van der Waals surface area contributed by atoms with Crippen LogP contribution in [0.5, 0.6) is 0 Å². The molecule has 25 heavy (non-hydrogen) atoms. The number of nitrogens with zero attached hydrogens (tertiary/aromatic N) is 1. The number of nitrogens with one attached hydrogen (secondary N) is 2. The largest absolute Gasteiger partial charge is 0.349 e. The average Bonchev–Trinajstić information content (AvgIpc) is 2.63. The highest BCUT2D eigenvalue weighted by molar-refractivity contribution is 7.80. The van der Waals surface area contributed by atoms with Crippen molar-refractivity contribution < 1.29 is 4.79 Å². The maximum absolute atomic E-state index is 12.2. The Morgan fingerprint density at radius 2 is 1.80 bits per heavy atom. The number of hydrogen-bond donors (Lipinski definition) is 2. The first-order valence-electron chi connectivity index (χ1n) is 8.29. The summed E-state index contributed by atoms with van der Waals surface area (Å²) in [6.07, 6.45) is 1.74. The van der Waals surface area contributed by atoms with Crippen LogP contribution in [0.2, 0.25) is 5.02 Å². The fraction of sp³-hybridized carbons (Fsp3) is 0.263. The molecule has 2 N–H and O–H groups in total. The van der Waals surface area contributed by atoms with Crippen LogP contribution in [0, 0.1) is 0 Å². The Hall–Kier alpha value is -2.11. The Balaban J connectivity index is 1.48. The van der Waals surface area contributed by atoms with E-state index in [4.69, 9.17) is 23.8 Å². The first-order chi connectivity index (χ1) is 12.1. The smallest absolute Gasteiger partial charge is 0.251 e. The van der Waals surface area contributed by atoms with Crippen LogP contribution in [-0.4, -0.2) is 35.1 Å². The van der Waals surface area contributed by atoms with Gasteiger partial charge in [-0.25, -0.2) is 0 Å². The van der Waals surface area contributed by atoms with Crippen LogP contribution in [-0.2, 0) is 0 Å². The highest BCUT2D eigenvalue weighted by atomic mass is 35.5. The maximum atomic E-state index is 12.2. The molecule has 1 aliphatic heterocycles. The molecule has 0 spiro atoms. The molecule has 0 unspecified atom stereocenters. The fourth-order valence-electron chi connectivity index (χ4n) is 2.85. The van der Waals surface area contributed by atoms with Crippen molar-refractivity contribution in [1.29, 1.82) is 0 Å². The van der Waals surface area contributed by atoms with Crippen LogP contribution in [0.15, 0.2) is 54.6 Å². The Bertz CT molecular complexity index is 745. The summed E-state index contributed by atoms with van der Waals surface area (Å²) in [6.45, 7) is 1.62. The summed E-state index contributed by atoms with van der Waals surface area (Å²) >= 11 is 11.5. The van der Waals surface area contributed by atoms with E-state index in [1.165, 1.54) is 0 Å². The third kappa shape index (κ3) is 4.94. The van der Waals surface area contributed by atoms with Crippen molar-refractivity contribution in [2.45, 2.75) is 18.9 Å². The number of benzene rings is 2. The van der Waals surface area contributed by atoms with Gasteiger partial charge in [0.1, 0.15) is 0 Å². The van der Waals surface area contributed by atoms with Crippen LogP contribution in [0.4, 0.5) is 5.69 Å². The molecule has 0 radical (unpaired) electrons. The van der Waals surface area contributed by atoms with Gasteiger partial charge in [-0.05, 0) is 55.4 Å². The van der Waals surface area contributed by atoms with E-state index >= 15 is 0 Å². The molecule has 1 heterocycles. The SMILES string of the molecule is O=C(NC1CCN(C(=S)Nc2cccc(Cl)c2)CC1)c1ccccc1. The summed E-state index contributed by atoms with van der Waals surface area (Å²) in [6, 6.07) is 17.0. The number of carbonyl (C=O) groups excluding carboxylic acids is 1. The molecule has 3 rings (SSSR count). The Morgan fingerprint density at radius 1 is 1.08 bits per heavy atom. The van der Waals surface area contributed by atoms with E-state index in [-0.39, 0.29) is 11.9 Å². The van der Waals surface area contributed by atoms with Crippen LogP contribution >= 0.6 is 23.8 Å². The number of amides is 1. The van der Waals surface area contributed by atoms with E-state index in [0.717, 1.165) is 31.6 Å². The molecule has 2 aromatic rings. The summed E-state index contributed by atoms with van der Waals surface area (Å²) in [4.78, 5) is 14.4. The van der Waals surface area contributed by atoms with Gasteiger partial charge in [-0.2, -0.15) is 0 Å². The van der Waals surface area contributed by atoms with Crippen LogP contribution in [0.1, 0.15) is 23.2 Å². The minimum absolute atomic E-state index is 0.0151. The Morgan fingerprint density at radius 3 is 2.48 bits per heavy atom. The normalized spacial score (nSPS) is 14.8. The Labute approximate surface area is 158 Å². The number of piperidine rings is 1. The predicted molar refractivity (Wildman–Crippen MR) is 106 cm³/mol. The van der Waals surface area contributed by atoms with Crippen molar-refractivity contribution in [2.75, 3.05) is 18.4 Å². The van der Waals surface area contributed by atoms with Crippen molar-refractivity contribution in [1.82, 2.24) is 10.2 Å². The van der Waals surface area contributed by atoms with E-state index in [0.29, 0.717) is 15.7 Å². The van der Waals surface area contributed by atoms with Crippen LogP contribution in [0.25, 0.3) is 0 Å². The molecule has 1 aliphatic rings. The molecule has 0 aliphatic carbocycles. The molecule has 0 saturated carbocycles. The molecule has 1 amide bonds. The topological polar surface area (TPSA) is 44.4 Å². The summed E-state index contributed by atoms with van der Waals surface area (Å²) in [7, 11) is 0. The molecule has 0 bridgehead atoms. The first-order valence-corrected chi connectivity index (χ1v) is 9.08. The van der Waals surface area contributed by atoms with Gasteiger partial charge in [-0.1, -0.05) is 35.9 Å². The van der Waals surface area contributed by atoms with Crippen molar-refractivity contribution >= 4 is 40.5 Å². The molecule has 0 aromatic heterocycles. The highest BCUT2D eigenvalue weighted by Gasteiger charge is 2.22. The molecule has 2 aromatic carbocycles. The lowest BCUT2D eigenvalue weighted by atomic mass is 10.0. The molecule has 6 heteroatoms. The molecule has 130 valence electrons. The van der Waals surface area contributed by atoms with E-state index < -0.39 is 0 Å². The van der Waals surface area contributed by atoms with Gasteiger partial charge in [0, 0.05) is 35.4 Å². The number of anilines is 1. The van der Waals surface area contributed by atoms with Crippen molar-refractivity contribution in [3.05, 3.63) is 65.2 Å². The third-order valence-electron chi connectivity index (χ3n) is 4.23. The van der Waals surface area contributed by atoms with Gasteiger partial charge in [-0.3, -0.25) is 4.79 Å². The number of carbonyl (C=O) groups is 1. The average molecular weight is 374 g/mol. The lowest BCUT2D eigenvalue weighted by Crippen LogP contribution is -2.47. The molecule has 1 fully saturated rings. The second-order valence-electron chi connectivity index (χ2n) is 6.04. The number of rotatable bonds is 3. The standard InChI is InChI=1S/C19H20ClN3OS/c20-15-7-4-8-17(13-15)22-19(25)23-11-9-16(10-12-23)21-18(24)14-5-2-1-3-6-14/h1-8,13,16H,9-12H2,(H,21,24)(H,22,25). The van der Waals surface area contributed by atoms with Gasteiger partial charge in [0.05, 0.1) is 0 Å². The quantitative estimate of drug-likeness (QED) is 0.800. The van der Waals surface area contributed by atoms with Gasteiger partial charge in [0.2, 0.25) is 0 Å². The van der Waals surface area contributed by atoms with Gasteiger partial charge >= 0.3 is 0 Å². The number of halogens is 1. The van der Waals surface area contributed by atoms with Crippen LogP contribution < -0.4 is 10.6 Å². The molecule has 4 nitrogen and oxygen atoms in total.